The second-order valence-electron chi connectivity index (χ2n) is 8.11. The maximum atomic E-state index is 12.6. The van der Waals surface area contributed by atoms with Gasteiger partial charge in [0.05, 0.1) is 34.6 Å². The maximum Gasteiger partial charge on any atom is 1.00 e. The Morgan fingerprint density at radius 1 is 1.31 bits per heavy atom. The van der Waals surface area contributed by atoms with Gasteiger partial charge in [-0.15, -0.1) is 11.3 Å². The van der Waals surface area contributed by atoms with Gasteiger partial charge in [0, 0.05) is 32.5 Å². The van der Waals surface area contributed by atoms with Crippen molar-refractivity contribution < 1.29 is 58.9 Å². The zero-order valence-electron chi connectivity index (χ0n) is 18.6. The van der Waals surface area contributed by atoms with E-state index in [0.29, 0.717) is 15.3 Å². The Morgan fingerprint density at radius 3 is 2.44 bits per heavy atom. The third-order valence-electron chi connectivity index (χ3n) is 5.93. The molecule has 12 heteroatoms. The van der Waals surface area contributed by atoms with E-state index in [1.165, 1.54) is 29.5 Å². The van der Waals surface area contributed by atoms with E-state index in [4.69, 9.17) is 0 Å². The van der Waals surface area contributed by atoms with Crippen LogP contribution in [0.1, 0.15) is 46.6 Å². The van der Waals surface area contributed by atoms with E-state index >= 15 is 0 Å². The summed E-state index contributed by atoms with van der Waals surface area (Å²) in [5.74, 6) is -3.91. The predicted octanol–water partition coefficient (Wildman–Crippen LogP) is -3.38. The minimum Gasteiger partial charge on any atom is -0.543 e. The van der Waals surface area contributed by atoms with Crippen LogP contribution < -0.4 is 34.7 Å². The number of carbonyl (C=O) groups is 4. The van der Waals surface area contributed by atoms with Crippen molar-refractivity contribution in [2.45, 2.75) is 32.9 Å². The van der Waals surface area contributed by atoms with Gasteiger partial charge < -0.3 is 24.8 Å². The van der Waals surface area contributed by atoms with Crippen LogP contribution in [0.25, 0.3) is 10.4 Å². The van der Waals surface area contributed by atoms with Crippen LogP contribution in [-0.4, -0.2) is 74.1 Å². The van der Waals surface area contributed by atoms with Crippen LogP contribution in [0.5, 0.6) is 0 Å². The number of carbonyl (C=O) groups excluding carboxylic acids is 4. The molecule has 1 N–H and O–H groups in total. The number of nitrogens with zero attached hydrogens (tertiary/aromatic N) is 4. The zero-order valence-corrected chi connectivity index (χ0v) is 21.4. The van der Waals surface area contributed by atoms with E-state index in [9.17, 15) is 29.4 Å². The quantitative estimate of drug-likeness (QED) is 0.275. The number of amides is 2. The van der Waals surface area contributed by atoms with Crippen LogP contribution >= 0.6 is 11.3 Å². The number of rotatable bonds is 5. The molecular weight excluding hydrogens is 447 g/mol. The second-order valence-corrected chi connectivity index (χ2v) is 9.11. The molecule has 0 bridgehead atoms. The Hall–Kier alpha value is -2.05. The molecule has 32 heavy (non-hydrogen) atoms. The van der Waals surface area contributed by atoms with Crippen LogP contribution in [0.4, 0.5) is 0 Å². The molecule has 2 aromatic rings. The van der Waals surface area contributed by atoms with Crippen molar-refractivity contribution in [1.82, 2.24) is 19.2 Å². The minimum atomic E-state index is -1.53. The van der Waals surface area contributed by atoms with E-state index in [1.807, 2.05) is 0 Å². The monoisotopic (exact) mass is 468 g/mol. The number of hydrogen-bond acceptors (Lipinski definition) is 8. The molecule has 2 aliphatic rings. The van der Waals surface area contributed by atoms with Crippen LogP contribution in [0.3, 0.4) is 0 Å². The third-order valence-corrected chi connectivity index (χ3v) is 7.13. The van der Waals surface area contributed by atoms with Gasteiger partial charge in [0.2, 0.25) is 5.91 Å². The molecule has 164 valence electrons. The maximum absolute atomic E-state index is 12.6. The number of thiazole rings is 1. The molecule has 2 amide bonds. The molecule has 0 aromatic carbocycles. The molecule has 2 aliphatic heterocycles. The summed E-state index contributed by atoms with van der Waals surface area (Å²) in [7, 11) is 3.16. The molecule has 4 rings (SSSR count). The number of aliphatic carboxylic acids is 1. The van der Waals surface area contributed by atoms with Crippen LogP contribution in [0.15, 0.2) is 12.0 Å². The topological polar surface area (TPSA) is 135 Å². The molecule has 4 atom stereocenters. The summed E-state index contributed by atoms with van der Waals surface area (Å²) in [5.41, 5.74) is 0.337. The molecule has 0 spiro atoms. The van der Waals surface area contributed by atoms with Crippen LogP contribution in [0.2, 0.25) is 0 Å². The average Bonchev–Trinajstić information content (AvgIpc) is 3.28. The van der Waals surface area contributed by atoms with Crippen molar-refractivity contribution in [3.63, 3.8) is 0 Å². The van der Waals surface area contributed by atoms with Gasteiger partial charge in [-0.3, -0.25) is 18.8 Å². The van der Waals surface area contributed by atoms with E-state index in [1.54, 1.807) is 21.0 Å². The van der Waals surface area contributed by atoms with Crippen molar-refractivity contribution in [3.05, 3.63) is 28.3 Å². The number of aliphatic hydroxyl groups excluding tert-OH is 1. The first kappa shape index (κ1) is 24.6. The summed E-state index contributed by atoms with van der Waals surface area (Å²) >= 11 is 1.08. The van der Waals surface area contributed by atoms with E-state index < -0.39 is 35.9 Å². The van der Waals surface area contributed by atoms with Gasteiger partial charge in [-0.2, -0.15) is 0 Å². The molecule has 0 saturated carbocycles. The molecule has 1 fully saturated rings. The fourth-order valence-corrected chi connectivity index (χ4v) is 5.97. The van der Waals surface area contributed by atoms with Gasteiger partial charge in [0.15, 0.2) is 11.5 Å². The summed E-state index contributed by atoms with van der Waals surface area (Å²) in [6.45, 7) is 4.59. The van der Waals surface area contributed by atoms with Gasteiger partial charge in [-0.1, -0.05) is 6.92 Å². The Morgan fingerprint density at radius 2 is 1.94 bits per heavy atom. The standard InChI is InChI=1S/C20H22N4O6S.Na/c1-7-10(15(20(29)30)24-13(7)11(8(2)25)17(24)27)16-14(9(3)26)23-6-21-12(19(23)31-16)18(28)22(4)5;/h6-8,11,13,25H,1-5H3,(H,29,30);/q;+1/p-1/t7-,8+,11+,13+;/m0./s1. The number of aliphatic hydroxyl groups is 1. The molecular formula is C20H21N4NaO6S. The Labute approximate surface area is 209 Å². The van der Waals surface area contributed by atoms with Crippen molar-refractivity contribution in [1.29, 1.82) is 0 Å². The molecule has 2 aromatic heterocycles. The first-order valence-corrected chi connectivity index (χ1v) is 10.5. The molecule has 4 heterocycles. The van der Waals surface area contributed by atoms with E-state index in [2.05, 4.69) is 4.98 Å². The van der Waals surface area contributed by atoms with Gasteiger partial charge in [-0.25, -0.2) is 4.98 Å². The summed E-state index contributed by atoms with van der Waals surface area (Å²) in [4.78, 5) is 57.1. The number of imidazole rings is 1. The number of fused-ring (bicyclic) bond motifs is 2. The van der Waals surface area contributed by atoms with Gasteiger partial charge in [0.25, 0.3) is 5.91 Å². The number of aromatic nitrogens is 2. The fourth-order valence-electron chi connectivity index (χ4n) is 4.58. The fraction of sp³-hybridized carbons (Fsp3) is 0.450. The summed E-state index contributed by atoms with van der Waals surface area (Å²) in [5, 5.41) is 22.1. The largest absolute Gasteiger partial charge is 1.00 e. The Balaban J connectivity index is 0.00000289. The number of Topliss-reactive ketones (excluding diaryl/α,β-unsaturated/α-hetero) is 1. The number of carboxylic acid groups (broad SMARTS) is 1. The van der Waals surface area contributed by atoms with Gasteiger partial charge in [-0.05, 0) is 6.92 Å². The predicted molar refractivity (Wildman–Crippen MR) is 108 cm³/mol. The summed E-state index contributed by atoms with van der Waals surface area (Å²) in [6.07, 6.45) is 0.415. The first-order valence-electron chi connectivity index (χ1n) is 9.68. The molecule has 0 aliphatic carbocycles. The SMILES string of the molecule is CC(=O)c1c(C2=C(C(=O)[O-])N3C(=O)[C@H]([C@@H](C)O)[C@H]3[C@H]2C)sc2c(C(=O)N(C)C)ncn12.[Na+]. The third kappa shape index (κ3) is 3.26. The van der Waals surface area contributed by atoms with Crippen LogP contribution in [0, 0.1) is 11.8 Å². The molecule has 1 saturated heterocycles. The molecule has 0 unspecified atom stereocenters. The minimum absolute atomic E-state index is 0. The van der Waals surface area contributed by atoms with E-state index in [0.717, 1.165) is 16.2 Å². The van der Waals surface area contributed by atoms with Crippen molar-refractivity contribution in [2.75, 3.05) is 14.1 Å². The van der Waals surface area contributed by atoms with Crippen LogP contribution in [-0.2, 0) is 9.59 Å². The summed E-state index contributed by atoms with van der Waals surface area (Å²) in [6, 6.07) is -0.544. The smallest absolute Gasteiger partial charge is 0.543 e. The zero-order chi connectivity index (χ0) is 22.9. The molecule has 10 nitrogen and oxygen atoms in total. The van der Waals surface area contributed by atoms with Crippen molar-refractivity contribution in [2.24, 2.45) is 11.8 Å². The Bertz CT molecular complexity index is 1200. The summed E-state index contributed by atoms with van der Waals surface area (Å²) < 4.78 is 1.48. The Kier molecular flexibility index (Phi) is 6.44. The average molecular weight is 468 g/mol. The number of carboxylic acids is 1. The van der Waals surface area contributed by atoms with E-state index in [-0.39, 0.29) is 58.3 Å². The van der Waals surface area contributed by atoms with Crippen molar-refractivity contribution in [3.8, 4) is 0 Å². The number of β-lactam (4-membered cyclic amide) rings is 1. The van der Waals surface area contributed by atoms with Gasteiger partial charge >= 0.3 is 29.6 Å². The van der Waals surface area contributed by atoms with Crippen molar-refractivity contribution >= 4 is 45.3 Å². The second kappa shape index (κ2) is 8.38. The van der Waals surface area contributed by atoms with Gasteiger partial charge in [0.1, 0.15) is 16.9 Å². The molecule has 0 radical (unpaired) electrons. The number of hydrogen-bond donors (Lipinski definition) is 1. The first-order chi connectivity index (χ1) is 14.5. The number of ketones is 1. The normalized spacial score (nSPS) is 23.0.